The molecule has 0 unspecified atom stereocenters. The second kappa shape index (κ2) is 11.9. The number of anilines is 3. The lowest BCUT2D eigenvalue weighted by molar-refractivity contribution is 0.809. The Kier molecular flexibility index (Phi) is 6.62. The van der Waals surface area contributed by atoms with Crippen molar-refractivity contribution in [3.8, 4) is 33.4 Å². The van der Waals surface area contributed by atoms with Gasteiger partial charge in [0.05, 0.1) is 11.1 Å². The zero-order valence-electron chi connectivity index (χ0n) is 30.7. The van der Waals surface area contributed by atoms with Gasteiger partial charge in [-0.05, 0) is 113 Å². The fourth-order valence-corrected chi connectivity index (χ4v) is 10.3. The molecule has 0 fully saturated rings. The van der Waals surface area contributed by atoms with Gasteiger partial charge in [-0.15, -0.1) is 0 Å². The Morgan fingerprint density at radius 1 is 0.321 bits per heavy atom. The molecule has 2 aliphatic carbocycles. The monoisotopic (exact) mass is 709 g/mol. The van der Waals surface area contributed by atoms with Crippen LogP contribution in [0.5, 0.6) is 0 Å². The van der Waals surface area contributed by atoms with Crippen molar-refractivity contribution >= 4 is 49.4 Å². The summed E-state index contributed by atoms with van der Waals surface area (Å²) in [5.41, 5.74) is 16.1. The molecule has 1 spiro atoms. The molecule has 10 aromatic carbocycles. The molecule has 0 radical (unpaired) electrons. The molecule has 12 rings (SSSR count). The highest BCUT2D eigenvalue weighted by Gasteiger charge is 2.53. The van der Waals surface area contributed by atoms with Crippen LogP contribution in [0.3, 0.4) is 0 Å². The van der Waals surface area contributed by atoms with Crippen LogP contribution in [0, 0.1) is 0 Å². The Bertz CT molecular complexity index is 3150. The highest BCUT2D eigenvalue weighted by molar-refractivity contribution is 6.22. The molecule has 0 aliphatic heterocycles. The SMILES string of the molecule is c1ccc(-c2ccccc2N(c2ccccc2)c2ccc3c4c(c5ccccc5c3c2)-c2ccc3ccccc3c2C42c3ccccc3-c3ccccc32)cc1. The fraction of sp³-hybridized carbons (Fsp3) is 0.0182. The molecule has 260 valence electrons. The molecule has 10 aromatic rings. The van der Waals surface area contributed by atoms with E-state index in [-0.39, 0.29) is 0 Å². The van der Waals surface area contributed by atoms with Crippen molar-refractivity contribution in [2.24, 2.45) is 0 Å². The Balaban J connectivity index is 1.23. The summed E-state index contributed by atoms with van der Waals surface area (Å²) in [4.78, 5) is 2.43. The van der Waals surface area contributed by atoms with Crippen LogP contribution < -0.4 is 4.90 Å². The highest BCUT2D eigenvalue weighted by Crippen LogP contribution is 2.66. The summed E-state index contributed by atoms with van der Waals surface area (Å²) < 4.78 is 0. The number of fused-ring (bicyclic) bond motifs is 17. The second-order valence-electron chi connectivity index (χ2n) is 15.1. The zero-order chi connectivity index (χ0) is 36.8. The van der Waals surface area contributed by atoms with Crippen molar-refractivity contribution < 1.29 is 0 Å². The lowest BCUT2D eigenvalue weighted by Gasteiger charge is -2.33. The molecule has 0 atom stereocenters. The van der Waals surface area contributed by atoms with E-state index in [0.717, 1.165) is 17.1 Å². The van der Waals surface area contributed by atoms with Crippen molar-refractivity contribution in [2.45, 2.75) is 5.41 Å². The Morgan fingerprint density at radius 3 is 1.66 bits per heavy atom. The van der Waals surface area contributed by atoms with Gasteiger partial charge >= 0.3 is 0 Å². The molecular formula is C55H35N. The maximum atomic E-state index is 2.45. The van der Waals surface area contributed by atoms with Gasteiger partial charge in [0.1, 0.15) is 0 Å². The number of hydrogen-bond donors (Lipinski definition) is 0. The number of rotatable bonds is 4. The van der Waals surface area contributed by atoms with Crippen LogP contribution in [-0.2, 0) is 5.41 Å². The Labute approximate surface area is 326 Å². The first-order valence-corrected chi connectivity index (χ1v) is 19.5. The normalized spacial score (nSPS) is 13.1. The predicted molar refractivity (Wildman–Crippen MR) is 235 cm³/mol. The molecule has 0 heterocycles. The van der Waals surface area contributed by atoms with Crippen LogP contribution in [0.25, 0.3) is 65.7 Å². The van der Waals surface area contributed by atoms with Crippen molar-refractivity contribution in [1.29, 1.82) is 0 Å². The molecule has 0 aromatic heterocycles. The molecular weight excluding hydrogens is 675 g/mol. The van der Waals surface area contributed by atoms with Gasteiger partial charge in [0, 0.05) is 16.9 Å². The van der Waals surface area contributed by atoms with E-state index in [1.807, 2.05) is 0 Å². The predicted octanol–water partition coefficient (Wildman–Crippen LogP) is 14.6. The summed E-state index contributed by atoms with van der Waals surface area (Å²) in [7, 11) is 0. The number of nitrogens with zero attached hydrogens (tertiary/aromatic N) is 1. The standard InChI is InChI=1S/C55H35N/c1-3-17-36(18-4-1)40-22-13-16-30-51(40)56(38-20-5-2-6-21-38)39-32-34-46-48(35-39)42-24-9-10-27-45(42)52-47-33-31-37-19-7-8-23-41(37)53(47)55(54(46)52)49-28-14-11-25-43(49)44-26-12-15-29-50(44)55/h1-35H. The third-order valence-corrected chi connectivity index (χ3v) is 12.4. The quantitative estimate of drug-likeness (QED) is 0.164. The van der Waals surface area contributed by atoms with Gasteiger partial charge in [0.25, 0.3) is 0 Å². The second-order valence-corrected chi connectivity index (χ2v) is 15.1. The van der Waals surface area contributed by atoms with E-state index >= 15 is 0 Å². The van der Waals surface area contributed by atoms with Crippen LogP contribution in [0.4, 0.5) is 17.1 Å². The van der Waals surface area contributed by atoms with Crippen LogP contribution in [-0.4, -0.2) is 0 Å². The molecule has 56 heavy (non-hydrogen) atoms. The minimum atomic E-state index is -0.498. The van der Waals surface area contributed by atoms with E-state index in [0.29, 0.717) is 0 Å². The molecule has 2 aliphatic rings. The third kappa shape index (κ3) is 4.15. The summed E-state index contributed by atoms with van der Waals surface area (Å²) in [6, 6.07) is 78.7. The van der Waals surface area contributed by atoms with Gasteiger partial charge < -0.3 is 4.90 Å². The minimum Gasteiger partial charge on any atom is -0.310 e. The first kappa shape index (κ1) is 31.2. The highest BCUT2D eigenvalue weighted by atomic mass is 15.1. The van der Waals surface area contributed by atoms with Crippen LogP contribution in [0.15, 0.2) is 212 Å². The van der Waals surface area contributed by atoms with Gasteiger partial charge in [0.15, 0.2) is 0 Å². The van der Waals surface area contributed by atoms with Crippen LogP contribution >= 0.6 is 0 Å². The van der Waals surface area contributed by atoms with Gasteiger partial charge in [-0.2, -0.15) is 0 Å². The summed E-state index contributed by atoms with van der Waals surface area (Å²) in [5, 5.41) is 7.69. The van der Waals surface area contributed by atoms with E-state index in [2.05, 4.69) is 217 Å². The van der Waals surface area contributed by atoms with E-state index in [1.54, 1.807) is 0 Å². The van der Waals surface area contributed by atoms with Crippen molar-refractivity contribution in [1.82, 2.24) is 0 Å². The van der Waals surface area contributed by atoms with Crippen LogP contribution in [0.1, 0.15) is 22.3 Å². The van der Waals surface area contributed by atoms with Crippen molar-refractivity contribution in [2.75, 3.05) is 4.90 Å². The molecule has 0 saturated carbocycles. The van der Waals surface area contributed by atoms with Gasteiger partial charge in [-0.1, -0.05) is 182 Å². The van der Waals surface area contributed by atoms with E-state index in [4.69, 9.17) is 0 Å². The largest absolute Gasteiger partial charge is 0.310 e. The topological polar surface area (TPSA) is 3.24 Å². The molecule has 1 heteroatoms. The first-order valence-electron chi connectivity index (χ1n) is 19.5. The average molecular weight is 710 g/mol. The first-order chi connectivity index (χ1) is 27.8. The van der Waals surface area contributed by atoms with Crippen molar-refractivity contribution in [3.63, 3.8) is 0 Å². The zero-order valence-corrected chi connectivity index (χ0v) is 30.7. The number of benzene rings is 10. The lowest BCUT2D eigenvalue weighted by Crippen LogP contribution is -2.26. The van der Waals surface area contributed by atoms with Crippen molar-refractivity contribution in [3.05, 3.63) is 235 Å². The maximum Gasteiger partial charge on any atom is 0.0737 e. The van der Waals surface area contributed by atoms with Gasteiger partial charge in [0.2, 0.25) is 0 Å². The van der Waals surface area contributed by atoms with E-state index in [1.165, 1.54) is 88.0 Å². The van der Waals surface area contributed by atoms with Crippen LogP contribution in [0.2, 0.25) is 0 Å². The summed E-state index contributed by atoms with van der Waals surface area (Å²) in [6.07, 6.45) is 0. The summed E-state index contributed by atoms with van der Waals surface area (Å²) in [6.45, 7) is 0. The molecule has 0 amide bonds. The summed E-state index contributed by atoms with van der Waals surface area (Å²) >= 11 is 0. The number of para-hydroxylation sites is 2. The maximum absolute atomic E-state index is 2.45. The summed E-state index contributed by atoms with van der Waals surface area (Å²) in [5.74, 6) is 0. The van der Waals surface area contributed by atoms with E-state index in [9.17, 15) is 0 Å². The Morgan fingerprint density at radius 2 is 0.911 bits per heavy atom. The third-order valence-electron chi connectivity index (χ3n) is 12.4. The molecule has 0 bridgehead atoms. The van der Waals surface area contributed by atoms with Gasteiger partial charge in [-0.25, -0.2) is 0 Å². The smallest absolute Gasteiger partial charge is 0.0737 e. The molecule has 0 N–H and O–H groups in total. The Hall–Kier alpha value is -7.22. The average Bonchev–Trinajstić information content (AvgIpc) is 3.75. The minimum absolute atomic E-state index is 0.498. The van der Waals surface area contributed by atoms with Gasteiger partial charge in [-0.3, -0.25) is 0 Å². The molecule has 1 nitrogen and oxygen atoms in total. The molecule has 0 saturated heterocycles. The lowest BCUT2D eigenvalue weighted by atomic mass is 9.68. The van der Waals surface area contributed by atoms with E-state index < -0.39 is 5.41 Å². The number of hydrogen-bond acceptors (Lipinski definition) is 1. The fourth-order valence-electron chi connectivity index (χ4n) is 10.3.